The first-order valence-corrected chi connectivity index (χ1v) is 7.58. The molecule has 2 heterocycles. The molecule has 0 amide bonds. The van der Waals surface area contributed by atoms with Gasteiger partial charge in [0.25, 0.3) is 5.82 Å². The molecular weight excluding hydrogens is 250 g/mol. The Morgan fingerprint density at radius 3 is 2.15 bits per heavy atom. The van der Waals surface area contributed by atoms with Crippen molar-refractivity contribution in [3.63, 3.8) is 0 Å². The number of piperazine rings is 1. The second-order valence-corrected chi connectivity index (χ2v) is 7.84. The number of hydrogen-bond acceptors (Lipinski definition) is 3. The Labute approximate surface area is 123 Å². The molecule has 114 valence electrons. The van der Waals surface area contributed by atoms with E-state index < -0.39 is 0 Å². The largest absolute Gasteiger partial charge is 0.308 e. The van der Waals surface area contributed by atoms with Crippen LogP contribution in [0.3, 0.4) is 0 Å². The smallest absolute Gasteiger partial charge is 0.296 e. The van der Waals surface area contributed by atoms with Gasteiger partial charge in [0.1, 0.15) is 0 Å². The first-order chi connectivity index (χ1) is 9.16. The maximum Gasteiger partial charge on any atom is 0.308 e. The minimum Gasteiger partial charge on any atom is -0.296 e. The van der Waals surface area contributed by atoms with E-state index in [4.69, 9.17) is 0 Å². The Kier molecular flexibility index (Phi) is 4.21. The van der Waals surface area contributed by atoms with Crippen LogP contribution in [0.2, 0.25) is 0 Å². The third kappa shape index (κ3) is 3.79. The van der Waals surface area contributed by atoms with Crippen molar-refractivity contribution in [2.75, 3.05) is 26.2 Å². The summed E-state index contributed by atoms with van der Waals surface area (Å²) in [5.74, 6) is 1.05. The van der Waals surface area contributed by atoms with E-state index in [2.05, 4.69) is 66.1 Å². The molecular formula is C15H30N5+. The number of aromatic amines is 1. The van der Waals surface area contributed by atoms with Crippen LogP contribution in [-0.4, -0.2) is 51.6 Å². The van der Waals surface area contributed by atoms with Crippen molar-refractivity contribution in [2.24, 2.45) is 0 Å². The number of hydrogen-bond donors (Lipinski definition) is 1. The van der Waals surface area contributed by atoms with Gasteiger partial charge in [-0.05, 0) is 25.8 Å². The predicted molar refractivity (Wildman–Crippen MR) is 80.4 cm³/mol. The van der Waals surface area contributed by atoms with Gasteiger partial charge < -0.3 is 0 Å². The Morgan fingerprint density at radius 1 is 1.10 bits per heavy atom. The third-order valence-electron chi connectivity index (χ3n) is 3.96. The van der Waals surface area contributed by atoms with Crippen LogP contribution in [0.5, 0.6) is 0 Å². The summed E-state index contributed by atoms with van der Waals surface area (Å²) in [7, 11) is 0. The Balaban J connectivity index is 1.88. The van der Waals surface area contributed by atoms with Crippen LogP contribution in [0, 0.1) is 0 Å². The highest BCUT2D eigenvalue weighted by atomic mass is 15.4. The molecule has 1 aromatic rings. The topological polar surface area (TPSA) is 39.0 Å². The molecule has 5 heteroatoms. The van der Waals surface area contributed by atoms with E-state index in [1.807, 2.05) is 6.33 Å². The fraction of sp³-hybridized carbons (Fsp3) is 0.867. The maximum absolute atomic E-state index is 4.48. The fourth-order valence-electron chi connectivity index (χ4n) is 2.53. The highest BCUT2D eigenvalue weighted by Gasteiger charge is 2.28. The summed E-state index contributed by atoms with van der Waals surface area (Å²) in [6, 6.07) is 0. The van der Waals surface area contributed by atoms with Crippen LogP contribution in [0.1, 0.15) is 47.4 Å². The van der Waals surface area contributed by atoms with E-state index in [-0.39, 0.29) is 11.0 Å². The molecule has 0 aliphatic carbocycles. The van der Waals surface area contributed by atoms with E-state index in [0.717, 1.165) is 38.7 Å². The summed E-state index contributed by atoms with van der Waals surface area (Å²) in [5.41, 5.74) is 0.364. The average molecular weight is 280 g/mol. The van der Waals surface area contributed by atoms with Gasteiger partial charge in [-0.1, -0.05) is 20.8 Å². The maximum atomic E-state index is 4.48. The summed E-state index contributed by atoms with van der Waals surface area (Å²) < 4.78 is 2.09. The molecule has 0 spiro atoms. The van der Waals surface area contributed by atoms with Crippen molar-refractivity contribution in [3.05, 3.63) is 12.2 Å². The zero-order chi connectivity index (χ0) is 15.0. The molecule has 2 rings (SSSR count). The highest BCUT2D eigenvalue weighted by molar-refractivity contribution is 4.95. The lowest BCUT2D eigenvalue weighted by Crippen LogP contribution is -2.56. The Morgan fingerprint density at radius 2 is 1.70 bits per heavy atom. The molecule has 5 nitrogen and oxygen atoms in total. The van der Waals surface area contributed by atoms with Crippen molar-refractivity contribution >= 4 is 0 Å². The van der Waals surface area contributed by atoms with Crippen LogP contribution in [0.15, 0.2) is 6.33 Å². The van der Waals surface area contributed by atoms with E-state index in [9.17, 15) is 0 Å². The number of aromatic nitrogens is 3. The number of nitrogens with one attached hydrogen (secondary N) is 1. The van der Waals surface area contributed by atoms with Gasteiger partial charge >= 0.3 is 6.33 Å². The molecule has 1 fully saturated rings. The van der Waals surface area contributed by atoms with Crippen LogP contribution < -0.4 is 4.68 Å². The SMILES string of the molecule is CC(C)(C)c1nc[n+](CN2CCN(C(C)(C)C)CC2)[nH]1. The predicted octanol–water partition coefficient (Wildman–Crippen LogP) is 1.37. The highest BCUT2D eigenvalue weighted by Crippen LogP contribution is 2.17. The molecule has 0 radical (unpaired) electrons. The first kappa shape index (κ1) is 15.4. The number of H-pyrrole nitrogens is 1. The lowest BCUT2D eigenvalue weighted by molar-refractivity contribution is -0.768. The molecule has 1 saturated heterocycles. The lowest BCUT2D eigenvalue weighted by Gasteiger charge is -2.41. The quantitative estimate of drug-likeness (QED) is 0.832. The van der Waals surface area contributed by atoms with Crippen LogP contribution in [0.25, 0.3) is 0 Å². The van der Waals surface area contributed by atoms with Crippen molar-refractivity contribution in [1.82, 2.24) is 19.9 Å². The zero-order valence-corrected chi connectivity index (χ0v) is 13.9. The van der Waals surface area contributed by atoms with Gasteiger partial charge in [0.15, 0.2) is 6.67 Å². The van der Waals surface area contributed by atoms with Crippen LogP contribution in [0.4, 0.5) is 0 Å². The number of rotatable bonds is 2. The molecule has 0 bridgehead atoms. The van der Waals surface area contributed by atoms with E-state index in [1.54, 1.807) is 0 Å². The van der Waals surface area contributed by atoms with E-state index in [0.29, 0.717) is 0 Å². The van der Waals surface area contributed by atoms with Gasteiger partial charge in [-0.2, -0.15) is 5.10 Å². The van der Waals surface area contributed by atoms with E-state index >= 15 is 0 Å². The van der Waals surface area contributed by atoms with Crippen molar-refractivity contribution < 1.29 is 4.68 Å². The Hall–Kier alpha value is -0.940. The molecule has 0 aromatic carbocycles. The minimum absolute atomic E-state index is 0.0795. The molecule has 1 aliphatic rings. The van der Waals surface area contributed by atoms with Gasteiger partial charge in [0, 0.05) is 37.1 Å². The third-order valence-corrected chi connectivity index (χ3v) is 3.96. The van der Waals surface area contributed by atoms with Gasteiger partial charge in [-0.15, -0.1) is 4.68 Å². The molecule has 0 saturated carbocycles. The lowest BCUT2D eigenvalue weighted by atomic mass is 9.96. The second-order valence-electron chi connectivity index (χ2n) is 7.84. The molecule has 1 N–H and O–H groups in total. The monoisotopic (exact) mass is 280 g/mol. The molecule has 0 unspecified atom stereocenters. The van der Waals surface area contributed by atoms with Crippen molar-refractivity contribution in [3.8, 4) is 0 Å². The van der Waals surface area contributed by atoms with Crippen molar-refractivity contribution in [2.45, 2.75) is 59.2 Å². The first-order valence-electron chi connectivity index (χ1n) is 7.58. The Bertz CT molecular complexity index is 430. The standard InChI is InChI=1S/C15H29N5/c1-14(2,3)13-16-11-20(17-13)12-18-7-9-19(10-8-18)15(4,5)6/h11H,7-10,12H2,1-6H3/p+1. The normalized spacial score (nSPS) is 19.5. The summed E-state index contributed by atoms with van der Waals surface area (Å²) in [4.78, 5) is 9.51. The minimum atomic E-state index is 0.0795. The summed E-state index contributed by atoms with van der Waals surface area (Å²) >= 11 is 0. The number of nitrogens with zero attached hydrogens (tertiary/aromatic N) is 4. The van der Waals surface area contributed by atoms with Gasteiger partial charge in [0.05, 0.1) is 0 Å². The van der Waals surface area contributed by atoms with Gasteiger partial charge in [0.2, 0.25) is 0 Å². The second kappa shape index (κ2) is 5.45. The molecule has 0 atom stereocenters. The van der Waals surface area contributed by atoms with Crippen LogP contribution >= 0.6 is 0 Å². The molecule has 1 aliphatic heterocycles. The van der Waals surface area contributed by atoms with Crippen molar-refractivity contribution in [1.29, 1.82) is 0 Å². The average Bonchev–Trinajstić information content (AvgIpc) is 2.77. The summed E-state index contributed by atoms with van der Waals surface area (Å²) in [5, 5.41) is 3.39. The molecule has 20 heavy (non-hydrogen) atoms. The summed E-state index contributed by atoms with van der Waals surface area (Å²) in [6.07, 6.45) is 1.91. The molecule has 1 aromatic heterocycles. The van der Waals surface area contributed by atoms with Crippen LogP contribution in [-0.2, 0) is 12.1 Å². The summed E-state index contributed by atoms with van der Waals surface area (Å²) in [6.45, 7) is 18.8. The zero-order valence-electron chi connectivity index (χ0n) is 13.9. The van der Waals surface area contributed by atoms with Gasteiger partial charge in [-0.3, -0.25) is 9.80 Å². The fourth-order valence-corrected chi connectivity index (χ4v) is 2.53. The van der Waals surface area contributed by atoms with E-state index in [1.165, 1.54) is 0 Å². The van der Waals surface area contributed by atoms with Gasteiger partial charge in [-0.25, -0.2) is 0 Å².